The molecule has 0 bridgehead atoms. The highest BCUT2D eigenvalue weighted by molar-refractivity contribution is 5.76. The summed E-state index contributed by atoms with van der Waals surface area (Å²) in [5.74, 6) is -1.92. The van der Waals surface area contributed by atoms with Crippen LogP contribution in [0.15, 0.2) is 60.7 Å². The van der Waals surface area contributed by atoms with Gasteiger partial charge in [0.15, 0.2) is 0 Å². The number of benzene rings is 2. The molecule has 0 aliphatic carbocycles. The first-order valence-corrected chi connectivity index (χ1v) is 11.6. The number of nitrogens with one attached hydrogen (secondary N) is 1. The molecular formula is C27H36N2O8. The average Bonchev–Trinajstić information content (AvgIpc) is 2.86. The number of carboxylic acid groups (broad SMARTS) is 2. The molecule has 10 heteroatoms. The number of amides is 2. The van der Waals surface area contributed by atoms with E-state index in [1.807, 2.05) is 60.7 Å². The van der Waals surface area contributed by atoms with Crippen molar-refractivity contribution >= 4 is 24.1 Å². The standard InChI is InChI=1S/C14H19NO4.C13H17NO4/c1-14(2,12(16)17)10-15(3)13(18)19-9-11-7-5-4-6-8-11;1-13(2,11(15)16)9-14-12(17)18-8-10-6-4-3-5-7-10/h4-8H,9-10H2,1-3H3,(H,16,17);3-7H,8-9H2,1-2H3,(H,14,17)(H,15,16). The molecule has 0 aliphatic rings. The van der Waals surface area contributed by atoms with E-state index in [1.54, 1.807) is 13.8 Å². The molecule has 2 rings (SSSR count). The van der Waals surface area contributed by atoms with Crippen molar-refractivity contribution in [3.8, 4) is 0 Å². The maximum absolute atomic E-state index is 11.7. The Morgan fingerprint density at radius 1 is 0.757 bits per heavy atom. The van der Waals surface area contributed by atoms with Gasteiger partial charge in [-0.15, -0.1) is 0 Å². The fourth-order valence-corrected chi connectivity index (χ4v) is 2.70. The van der Waals surface area contributed by atoms with Crippen molar-refractivity contribution in [3.05, 3.63) is 71.8 Å². The second-order valence-electron chi connectivity index (χ2n) is 9.69. The van der Waals surface area contributed by atoms with Crippen LogP contribution in [0.5, 0.6) is 0 Å². The number of hydrogen-bond donors (Lipinski definition) is 3. The zero-order valence-corrected chi connectivity index (χ0v) is 21.9. The fourth-order valence-electron chi connectivity index (χ4n) is 2.70. The van der Waals surface area contributed by atoms with E-state index in [4.69, 9.17) is 19.7 Å². The first kappa shape index (κ1) is 31.0. The van der Waals surface area contributed by atoms with E-state index in [9.17, 15) is 19.2 Å². The van der Waals surface area contributed by atoms with Gasteiger partial charge in [0.2, 0.25) is 0 Å². The van der Waals surface area contributed by atoms with Crippen LogP contribution in [0.4, 0.5) is 9.59 Å². The maximum Gasteiger partial charge on any atom is 0.409 e. The van der Waals surface area contributed by atoms with Gasteiger partial charge in [0.25, 0.3) is 0 Å². The predicted molar refractivity (Wildman–Crippen MR) is 137 cm³/mol. The van der Waals surface area contributed by atoms with Crippen molar-refractivity contribution in [1.29, 1.82) is 0 Å². The van der Waals surface area contributed by atoms with Crippen LogP contribution in [-0.2, 0) is 32.3 Å². The molecule has 0 atom stereocenters. The molecule has 0 radical (unpaired) electrons. The number of rotatable bonds is 10. The van der Waals surface area contributed by atoms with Crippen LogP contribution in [0.2, 0.25) is 0 Å². The summed E-state index contributed by atoms with van der Waals surface area (Å²) in [6.07, 6.45) is -1.15. The molecule has 3 N–H and O–H groups in total. The largest absolute Gasteiger partial charge is 0.481 e. The highest BCUT2D eigenvalue weighted by Gasteiger charge is 2.31. The van der Waals surface area contributed by atoms with Gasteiger partial charge in [-0.2, -0.15) is 0 Å². The van der Waals surface area contributed by atoms with Crippen LogP contribution >= 0.6 is 0 Å². The SMILES string of the molecule is CC(C)(CNC(=O)OCc1ccccc1)C(=O)O.CN(CC(C)(C)C(=O)O)C(=O)OCc1ccccc1. The number of aliphatic carboxylic acids is 2. The molecular weight excluding hydrogens is 480 g/mol. The number of carbonyl (C=O) groups excluding carboxylic acids is 2. The second-order valence-corrected chi connectivity index (χ2v) is 9.69. The van der Waals surface area contributed by atoms with Gasteiger partial charge in [-0.25, -0.2) is 9.59 Å². The number of hydrogen-bond acceptors (Lipinski definition) is 6. The number of carbonyl (C=O) groups is 4. The molecule has 0 fully saturated rings. The van der Waals surface area contributed by atoms with Gasteiger partial charge < -0.3 is 29.9 Å². The van der Waals surface area contributed by atoms with Crippen molar-refractivity contribution < 1.29 is 38.9 Å². The normalized spacial score (nSPS) is 10.8. The van der Waals surface area contributed by atoms with Crippen molar-refractivity contribution in [2.75, 3.05) is 20.1 Å². The molecule has 0 aromatic heterocycles. The molecule has 0 saturated heterocycles. The zero-order valence-electron chi connectivity index (χ0n) is 21.9. The smallest absolute Gasteiger partial charge is 0.409 e. The predicted octanol–water partition coefficient (Wildman–Crippen LogP) is 4.39. The quantitative estimate of drug-likeness (QED) is 0.422. The van der Waals surface area contributed by atoms with E-state index in [-0.39, 0.29) is 26.3 Å². The lowest BCUT2D eigenvalue weighted by Gasteiger charge is -2.26. The molecule has 0 saturated carbocycles. The van der Waals surface area contributed by atoms with Crippen molar-refractivity contribution in [2.45, 2.75) is 40.9 Å². The summed E-state index contributed by atoms with van der Waals surface area (Å²) < 4.78 is 10.1. The minimum Gasteiger partial charge on any atom is -0.481 e. The first-order chi connectivity index (χ1) is 17.2. The van der Waals surface area contributed by atoms with Crippen LogP contribution in [0, 0.1) is 10.8 Å². The maximum atomic E-state index is 11.7. The molecule has 0 spiro atoms. The summed E-state index contributed by atoms with van der Waals surface area (Å²) in [5, 5.41) is 20.3. The Kier molecular flexibility index (Phi) is 12.1. The third-order valence-corrected chi connectivity index (χ3v) is 5.19. The van der Waals surface area contributed by atoms with Gasteiger partial charge >= 0.3 is 24.1 Å². The summed E-state index contributed by atoms with van der Waals surface area (Å²) in [6, 6.07) is 18.6. The molecule has 2 amide bonds. The summed E-state index contributed by atoms with van der Waals surface area (Å²) >= 11 is 0. The van der Waals surface area contributed by atoms with Crippen molar-refractivity contribution in [1.82, 2.24) is 10.2 Å². The van der Waals surface area contributed by atoms with Crippen molar-refractivity contribution in [3.63, 3.8) is 0 Å². The Labute approximate surface area is 217 Å². The van der Waals surface area contributed by atoms with E-state index in [0.29, 0.717) is 0 Å². The van der Waals surface area contributed by atoms with E-state index in [1.165, 1.54) is 25.8 Å². The third-order valence-electron chi connectivity index (χ3n) is 5.19. The zero-order chi connectivity index (χ0) is 28.1. The second kappa shape index (κ2) is 14.5. The molecule has 2 aromatic carbocycles. The van der Waals surface area contributed by atoms with Crippen LogP contribution in [0.3, 0.4) is 0 Å². The van der Waals surface area contributed by atoms with E-state index >= 15 is 0 Å². The monoisotopic (exact) mass is 516 g/mol. The summed E-state index contributed by atoms with van der Waals surface area (Å²) in [5.41, 5.74) is -0.237. The number of ether oxygens (including phenoxy) is 2. The third kappa shape index (κ3) is 11.9. The molecule has 2 aromatic rings. The van der Waals surface area contributed by atoms with E-state index in [2.05, 4.69) is 5.32 Å². The fraction of sp³-hybridized carbons (Fsp3) is 0.407. The molecule has 0 heterocycles. The molecule has 37 heavy (non-hydrogen) atoms. The molecule has 10 nitrogen and oxygen atoms in total. The first-order valence-electron chi connectivity index (χ1n) is 11.6. The van der Waals surface area contributed by atoms with Gasteiger partial charge in [-0.3, -0.25) is 9.59 Å². The van der Waals surface area contributed by atoms with Crippen LogP contribution in [-0.4, -0.2) is 59.4 Å². The highest BCUT2D eigenvalue weighted by atomic mass is 16.6. The Morgan fingerprint density at radius 3 is 1.62 bits per heavy atom. The van der Waals surface area contributed by atoms with Crippen molar-refractivity contribution in [2.24, 2.45) is 10.8 Å². The van der Waals surface area contributed by atoms with Gasteiger partial charge in [0.05, 0.1) is 10.8 Å². The number of carboxylic acids is 2. The van der Waals surface area contributed by atoms with Gasteiger partial charge in [0.1, 0.15) is 13.2 Å². The molecule has 0 aliphatic heterocycles. The lowest BCUT2D eigenvalue weighted by Crippen LogP contribution is -2.40. The Bertz CT molecular complexity index is 1020. The van der Waals surface area contributed by atoms with Crippen LogP contribution in [0.25, 0.3) is 0 Å². The summed E-state index contributed by atoms with van der Waals surface area (Å²) in [4.78, 5) is 46.2. The van der Waals surface area contributed by atoms with Gasteiger partial charge in [-0.05, 0) is 38.8 Å². The van der Waals surface area contributed by atoms with E-state index < -0.39 is 35.0 Å². The Morgan fingerprint density at radius 2 is 1.19 bits per heavy atom. The molecule has 202 valence electrons. The topological polar surface area (TPSA) is 142 Å². The Hall–Kier alpha value is -4.08. The summed E-state index contributed by atoms with van der Waals surface area (Å²) in [6.45, 7) is 6.66. The number of nitrogens with zero attached hydrogens (tertiary/aromatic N) is 1. The highest BCUT2D eigenvalue weighted by Crippen LogP contribution is 2.17. The minimum absolute atomic E-state index is 0.0238. The van der Waals surface area contributed by atoms with Gasteiger partial charge in [-0.1, -0.05) is 60.7 Å². The summed E-state index contributed by atoms with van der Waals surface area (Å²) in [7, 11) is 1.53. The lowest BCUT2D eigenvalue weighted by atomic mass is 9.93. The Balaban J connectivity index is 0.000000371. The molecule has 0 unspecified atom stereocenters. The lowest BCUT2D eigenvalue weighted by molar-refractivity contribution is -0.148. The van der Waals surface area contributed by atoms with Crippen LogP contribution in [0.1, 0.15) is 38.8 Å². The minimum atomic E-state index is -1.01. The number of alkyl carbamates (subject to hydrolysis) is 1. The van der Waals surface area contributed by atoms with Gasteiger partial charge in [0, 0.05) is 20.1 Å². The van der Waals surface area contributed by atoms with Crippen LogP contribution < -0.4 is 5.32 Å². The van der Waals surface area contributed by atoms with E-state index in [0.717, 1.165) is 11.1 Å². The average molecular weight is 517 g/mol.